The Balaban J connectivity index is 1.47. The SMILES string of the molecule is CN1CCC(CCc2cc(NS(=O)(=O)c3ccc(F)cc3F)cc3c2NC(=O)C32CCC2)CC1. The zero-order valence-electron chi connectivity index (χ0n) is 19.2. The molecule has 0 radical (unpaired) electrons. The minimum atomic E-state index is -4.28. The molecule has 2 aromatic rings. The van der Waals surface area contributed by atoms with Gasteiger partial charge >= 0.3 is 0 Å². The summed E-state index contributed by atoms with van der Waals surface area (Å²) in [7, 11) is -2.16. The number of halogens is 2. The normalized spacial score (nSPS) is 20.1. The van der Waals surface area contributed by atoms with Gasteiger partial charge in [0.05, 0.1) is 5.41 Å². The molecule has 0 bridgehead atoms. The lowest BCUT2D eigenvalue weighted by Gasteiger charge is -2.36. The smallest absolute Gasteiger partial charge is 0.264 e. The Bertz CT molecular complexity index is 1240. The van der Waals surface area contributed by atoms with Crippen LogP contribution in [0.2, 0.25) is 0 Å². The number of fused-ring (bicyclic) bond motifs is 2. The molecule has 1 saturated carbocycles. The summed E-state index contributed by atoms with van der Waals surface area (Å²) >= 11 is 0. The molecule has 2 fully saturated rings. The largest absolute Gasteiger partial charge is 0.325 e. The van der Waals surface area contributed by atoms with Gasteiger partial charge in [0.25, 0.3) is 10.0 Å². The average Bonchev–Trinajstić information content (AvgIpc) is 3.04. The van der Waals surface area contributed by atoms with Gasteiger partial charge in [0, 0.05) is 17.4 Å². The third-order valence-corrected chi connectivity index (χ3v) is 9.13. The Labute approximate surface area is 198 Å². The van der Waals surface area contributed by atoms with Crippen LogP contribution in [0.4, 0.5) is 20.2 Å². The van der Waals surface area contributed by atoms with Crippen molar-refractivity contribution < 1.29 is 22.0 Å². The molecule has 0 atom stereocenters. The second-order valence-electron chi connectivity index (χ2n) is 9.91. The third-order valence-electron chi connectivity index (χ3n) is 7.71. The Hall–Kier alpha value is -2.52. The molecule has 1 spiro atoms. The van der Waals surface area contributed by atoms with Crippen LogP contribution in [-0.2, 0) is 26.7 Å². The van der Waals surface area contributed by atoms with Crippen LogP contribution >= 0.6 is 0 Å². The molecule has 2 heterocycles. The summed E-state index contributed by atoms with van der Waals surface area (Å²) in [4.78, 5) is 14.6. The molecule has 1 saturated heterocycles. The molecule has 0 unspecified atom stereocenters. The number of rotatable bonds is 6. The van der Waals surface area contributed by atoms with Crippen LogP contribution < -0.4 is 10.0 Å². The van der Waals surface area contributed by atoms with Crippen LogP contribution in [0.5, 0.6) is 0 Å². The number of anilines is 2. The van der Waals surface area contributed by atoms with E-state index in [1.165, 1.54) is 0 Å². The van der Waals surface area contributed by atoms with Crippen molar-refractivity contribution in [3.8, 4) is 0 Å². The van der Waals surface area contributed by atoms with Gasteiger partial charge in [0.15, 0.2) is 0 Å². The molecule has 9 heteroatoms. The summed E-state index contributed by atoms with van der Waals surface area (Å²) < 4.78 is 55.9. The number of carbonyl (C=O) groups is 1. The molecule has 34 heavy (non-hydrogen) atoms. The van der Waals surface area contributed by atoms with E-state index in [0.29, 0.717) is 24.1 Å². The molecule has 3 aliphatic rings. The Morgan fingerprint density at radius 3 is 2.53 bits per heavy atom. The van der Waals surface area contributed by atoms with Crippen LogP contribution in [-0.4, -0.2) is 39.4 Å². The van der Waals surface area contributed by atoms with Crippen molar-refractivity contribution in [3.63, 3.8) is 0 Å². The van der Waals surface area contributed by atoms with Crippen molar-refractivity contribution in [2.75, 3.05) is 30.2 Å². The minimum Gasteiger partial charge on any atom is -0.325 e. The van der Waals surface area contributed by atoms with E-state index in [1.54, 1.807) is 12.1 Å². The van der Waals surface area contributed by atoms with Gasteiger partial charge in [-0.3, -0.25) is 9.52 Å². The summed E-state index contributed by atoms with van der Waals surface area (Å²) in [5.41, 5.74) is 2.20. The van der Waals surface area contributed by atoms with Gasteiger partial charge in [-0.25, -0.2) is 17.2 Å². The van der Waals surface area contributed by atoms with Gasteiger partial charge < -0.3 is 10.2 Å². The Morgan fingerprint density at radius 1 is 1.15 bits per heavy atom. The molecule has 0 aromatic heterocycles. The van der Waals surface area contributed by atoms with Crippen molar-refractivity contribution >= 4 is 27.3 Å². The number of amides is 1. The fraction of sp³-hybridized carbons (Fsp3) is 0.480. The fourth-order valence-corrected chi connectivity index (χ4v) is 6.58. The number of likely N-dealkylation sites (tertiary alicyclic amines) is 1. The van der Waals surface area contributed by atoms with Crippen LogP contribution in [0.3, 0.4) is 0 Å². The van der Waals surface area contributed by atoms with Crippen molar-refractivity contribution in [2.24, 2.45) is 5.92 Å². The molecule has 5 rings (SSSR count). The Kier molecular flexibility index (Phi) is 5.88. The number of nitrogens with one attached hydrogen (secondary N) is 2. The standard InChI is InChI=1S/C25H29F2N3O3S/c1-30-11-7-16(8-12-30)3-4-17-13-19(15-20-23(17)28-24(31)25(20)9-2-10-25)29-34(32,33)22-6-5-18(26)14-21(22)27/h5-6,13-16,29H,2-4,7-12H2,1H3,(H,28,31). The quantitative estimate of drug-likeness (QED) is 0.630. The number of piperidine rings is 1. The minimum absolute atomic E-state index is 0.0288. The van der Waals surface area contributed by atoms with E-state index in [9.17, 15) is 22.0 Å². The maximum atomic E-state index is 14.2. The molecule has 1 amide bonds. The van der Waals surface area contributed by atoms with Gasteiger partial charge in [-0.05, 0) is 100.0 Å². The van der Waals surface area contributed by atoms with Gasteiger partial charge in [-0.2, -0.15) is 0 Å². The highest BCUT2D eigenvalue weighted by Crippen LogP contribution is 2.53. The summed E-state index contributed by atoms with van der Waals surface area (Å²) in [5.74, 6) is -1.45. The molecule has 2 aromatic carbocycles. The molecule has 6 nitrogen and oxygen atoms in total. The van der Waals surface area contributed by atoms with Gasteiger partial charge in [0.1, 0.15) is 16.5 Å². The van der Waals surface area contributed by atoms with Crippen LogP contribution in [0.25, 0.3) is 0 Å². The number of nitrogens with zero attached hydrogens (tertiary/aromatic N) is 1. The number of hydrogen-bond acceptors (Lipinski definition) is 4. The van der Waals surface area contributed by atoms with E-state index in [0.717, 1.165) is 80.6 Å². The summed E-state index contributed by atoms with van der Waals surface area (Å²) in [6, 6.07) is 5.82. The monoisotopic (exact) mass is 489 g/mol. The van der Waals surface area contributed by atoms with Crippen LogP contribution in [0.15, 0.2) is 35.2 Å². The average molecular weight is 490 g/mol. The number of hydrogen-bond donors (Lipinski definition) is 2. The maximum Gasteiger partial charge on any atom is 0.264 e. The van der Waals surface area contributed by atoms with Gasteiger partial charge in [-0.1, -0.05) is 6.42 Å². The van der Waals surface area contributed by atoms with Gasteiger partial charge in [-0.15, -0.1) is 0 Å². The maximum absolute atomic E-state index is 14.2. The van der Waals surface area contributed by atoms with Crippen LogP contribution in [0.1, 0.15) is 49.7 Å². The molecule has 1 aliphatic carbocycles. The number of benzene rings is 2. The Morgan fingerprint density at radius 2 is 1.88 bits per heavy atom. The van der Waals surface area contributed by atoms with E-state index in [4.69, 9.17) is 0 Å². The summed E-state index contributed by atoms with van der Waals surface area (Å²) in [6.45, 7) is 2.12. The molecule has 2 N–H and O–H groups in total. The van der Waals surface area contributed by atoms with E-state index < -0.39 is 32.0 Å². The lowest BCUT2D eigenvalue weighted by atomic mass is 9.65. The first-order valence-electron chi connectivity index (χ1n) is 11.8. The van der Waals surface area contributed by atoms with Crippen molar-refractivity contribution in [1.29, 1.82) is 0 Å². The second kappa shape index (κ2) is 8.61. The first kappa shape index (κ1) is 23.2. The number of aryl methyl sites for hydroxylation is 1. The van der Waals surface area contributed by atoms with Gasteiger partial charge in [0.2, 0.25) is 5.91 Å². The second-order valence-corrected chi connectivity index (χ2v) is 11.6. The fourth-order valence-electron chi connectivity index (χ4n) is 5.48. The van der Waals surface area contributed by atoms with E-state index in [1.807, 2.05) is 0 Å². The predicted octanol–water partition coefficient (Wildman–Crippen LogP) is 4.41. The highest BCUT2D eigenvalue weighted by atomic mass is 32.2. The highest BCUT2D eigenvalue weighted by Gasteiger charge is 2.51. The number of sulfonamides is 1. The first-order valence-corrected chi connectivity index (χ1v) is 13.3. The van der Waals surface area contributed by atoms with Crippen molar-refractivity contribution in [2.45, 2.75) is 55.3 Å². The third kappa shape index (κ3) is 4.09. The van der Waals surface area contributed by atoms with E-state index >= 15 is 0 Å². The molecular formula is C25H29F2N3O3S. The van der Waals surface area contributed by atoms with E-state index in [-0.39, 0.29) is 5.91 Å². The summed E-state index contributed by atoms with van der Waals surface area (Å²) in [5, 5.41) is 3.06. The lowest BCUT2D eigenvalue weighted by molar-refractivity contribution is -0.123. The topological polar surface area (TPSA) is 78.5 Å². The molecular weight excluding hydrogens is 460 g/mol. The molecule has 182 valence electrons. The number of carbonyl (C=O) groups excluding carboxylic acids is 1. The lowest BCUT2D eigenvalue weighted by Crippen LogP contribution is -2.40. The first-order chi connectivity index (χ1) is 16.2. The molecule has 2 aliphatic heterocycles. The van der Waals surface area contributed by atoms with Crippen LogP contribution in [0, 0.1) is 17.6 Å². The highest BCUT2D eigenvalue weighted by molar-refractivity contribution is 7.92. The predicted molar refractivity (Wildman–Crippen MR) is 126 cm³/mol. The van der Waals surface area contributed by atoms with Crippen molar-refractivity contribution in [3.05, 3.63) is 53.1 Å². The van der Waals surface area contributed by atoms with E-state index in [2.05, 4.69) is 22.0 Å². The zero-order valence-corrected chi connectivity index (χ0v) is 20.0. The summed E-state index contributed by atoms with van der Waals surface area (Å²) in [6.07, 6.45) is 6.29. The van der Waals surface area contributed by atoms with Crippen molar-refractivity contribution in [1.82, 2.24) is 4.90 Å². The zero-order chi connectivity index (χ0) is 24.1.